The van der Waals surface area contributed by atoms with Gasteiger partial charge in [-0.25, -0.2) is 4.98 Å². The molecule has 1 saturated heterocycles. The molecule has 3 nitrogen and oxygen atoms in total. The summed E-state index contributed by atoms with van der Waals surface area (Å²) >= 11 is 1.70. The summed E-state index contributed by atoms with van der Waals surface area (Å²) in [6.45, 7) is 2.10. The number of benzene rings is 1. The molecule has 0 atom stereocenters. The maximum absolute atomic E-state index is 6.56. The zero-order valence-electron chi connectivity index (χ0n) is 11.2. The average molecular weight is 273 g/mol. The summed E-state index contributed by atoms with van der Waals surface area (Å²) in [5.74, 6) is 0. The predicted molar refractivity (Wildman–Crippen MR) is 80.1 cm³/mol. The minimum Gasteiger partial charge on any atom is -0.319 e. The van der Waals surface area contributed by atoms with Crippen LogP contribution in [0, 0.1) is 0 Å². The van der Waals surface area contributed by atoms with Crippen molar-refractivity contribution in [2.45, 2.75) is 18.4 Å². The van der Waals surface area contributed by atoms with Gasteiger partial charge in [0.15, 0.2) is 0 Å². The summed E-state index contributed by atoms with van der Waals surface area (Å²) in [7, 11) is 2.15. The van der Waals surface area contributed by atoms with Crippen molar-refractivity contribution in [3.05, 3.63) is 40.7 Å². The van der Waals surface area contributed by atoms with Gasteiger partial charge in [0.25, 0.3) is 0 Å². The van der Waals surface area contributed by atoms with Gasteiger partial charge in [0.05, 0.1) is 11.2 Å². The normalized spacial score (nSPS) is 19.5. The lowest BCUT2D eigenvalue weighted by Crippen LogP contribution is -2.46. The molecule has 1 aliphatic rings. The first kappa shape index (κ1) is 12.8. The zero-order chi connectivity index (χ0) is 13.3. The van der Waals surface area contributed by atoms with Gasteiger partial charge in [0, 0.05) is 10.9 Å². The van der Waals surface area contributed by atoms with Gasteiger partial charge in [-0.05, 0) is 33.0 Å². The maximum atomic E-state index is 6.56. The quantitative estimate of drug-likeness (QED) is 0.914. The summed E-state index contributed by atoms with van der Waals surface area (Å²) < 4.78 is 0. The molecule has 0 aliphatic carbocycles. The average Bonchev–Trinajstić information content (AvgIpc) is 2.94. The van der Waals surface area contributed by atoms with Crippen molar-refractivity contribution in [2.75, 3.05) is 20.1 Å². The molecule has 2 aromatic rings. The Hall–Kier alpha value is -1.23. The molecule has 0 unspecified atom stereocenters. The molecule has 0 spiro atoms. The number of piperidine rings is 1. The lowest BCUT2D eigenvalue weighted by atomic mass is 9.89. The molecule has 0 saturated carbocycles. The number of nitrogens with two attached hydrogens (primary N) is 1. The van der Waals surface area contributed by atoms with Crippen LogP contribution in [0.5, 0.6) is 0 Å². The van der Waals surface area contributed by atoms with Crippen molar-refractivity contribution < 1.29 is 0 Å². The van der Waals surface area contributed by atoms with E-state index in [0.29, 0.717) is 0 Å². The van der Waals surface area contributed by atoms with E-state index in [-0.39, 0.29) is 5.54 Å². The summed E-state index contributed by atoms with van der Waals surface area (Å²) in [5, 5.41) is 3.21. The number of hydrogen-bond donors (Lipinski definition) is 1. The molecule has 100 valence electrons. The Morgan fingerprint density at radius 3 is 2.58 bits per heavy atom. The molecule has 2 heterocycles. The minimum absolute atomic E-state index is 0.232. The summed E-state index contributed by atoms with van der Waals surface area (Å²) in [4.78, 5) is 7.11. The Balaban J connectivity index is 1.85. The van der Waals surface area contributed by atoms with Crippen LogP contribution in [0.3, 0.4) is 0 Å². The van der Waals surface area contributed by atoms with Gasteiger partial charge < -0.3 is 10.6 Å². The molecule has 0 radical (unpaired) electrons. The second kappa shape index (κ2) is 5.04. The van der Waals surface area contributed by atoms with E-state index >= 15 is 0 Å². The van der Waals surface area contributed by atoms with Crippen LogP contribution in [0.4, 0.5) is 0 Å². The van der Waals surface area contributed by atoms with Gasteiger partial charge in [-0.2, -0.15) is 0 Å². The predicted octanol–water partition coefficient (Wildman–Crippen LogP) is 2.69. The van der Waals surface area contributed by atoms with Crippen molar-refractivity contribution in [3.8, 4) is 11.3 Å². The fourth-order valence-electron chi connectivity index (χ4n) is 2.48. The Bertz CT molecular complexity index is 542. The van der Waals surface area contributed by atoms with Gasteiger partial charge in [-0.15, -0.1) is 11.3 Å². The van der Waals surface area contributed by atoms with Crippen molar-refractivity contribution in [3.63, 3.8) is 0 Å². The van der Waals surface area contributed by atoms with Crippen molar-refractivity contribution in [2.24, 2.45) is 5.73 Å². The van der Waals surface area contributed by atoms with Crippen LogP contribution < -0.4 is 5.73 Å². The molecule has 0 amide bonds. The SMILES string of the molecule is CN1CCC(N)(c2nc(-c3ccccc3)cs2)CC1. The summed E-state index contributed by atoms with van der Waals surface area (Å²) in [6.07, 6.45) is 1.98. The lowest BCUT2D eigenvalue weighted by Gasteiger charge is -2.36. The van der Waals surface area contributed by atoms with Crippen molar-refractivity contribution >= 4 is 11.3 Å². The monoisotopic (exact) mass is 273 g/mol. The molecular formula is C15H19N3S. The van der Waals surface area contributed by atoms with Gasteiger partial charge in [0.2, 0.25) is 0 Å². The summed E-state index contributed by atoms with van der Waals surface area (Å²) in [5.41, 5.74) is 8.54. The molecule has 1 fully saturated rings. The van der Waals surface area contributed by atoms with Crippen LogP contribution >= 0.6 is 11.3 Å². The lowest BCUT2D eigenvalue weighted by molar-refractivity contribution is 0.191. The van der Waals surface area contributed by atoms with E-state index in [1.165, 1.54) is 5.56 Å². The number of hydrogen-bond acceptors (Lipinski definition) is 4. The maximum Gasteiger partial charge on any atom is 0.113 e. The second-order valence-corrected chi connectivity index (χ2v) is 6.22. The van der Waals surface area contributed by atoms with E-state index in [2.05, 4.69) is 29.5 Å². The number of nitrogens with zero attached hydrogens (tertiary/aromatic N) is 2. The van der Waals surface area contributed by atoms with Crippen LogP contribution in [0.15, 0.2) is 35.7 Å². The first-order chi connectivity index (χ1) is 9.17. The Morgan fingerprint density at radius 1 is 1.21 bits per heavy atom. The number of thiazole rings is 1. The highest BCUT2D eigenvalue weighted by Gasteiger charge is 2.34. The van der Waals surface area contributed by atoms with Crippen LogP contribution in [-0.2, 0) is 5.54 Å². The fraction of sp³-hybridized carbons (Fsp3) is 0.400. The number of aromatic nitrogens is 1. The number of likely N-dealkylation sites (tertiary alicyclic amines) is 1. The second-order valence-electron chi connectivity index (χ2n) is 5.36. The van der Waals surface area contributed by atoms with Gasteiger partial charge in [-0.3, -0.25) is 0 Å². The van der Waals surface area contributed by atoms with Crippen molar-refractivity contribution in [1.29, 1.82) is 0 Å². The van der Waals surface area contributed by atoms with E-state index < -0.39 is 0 Å². The highest BCUT2D eigenvalue weighted by atomic mass is 32.1. The number of rotatable bonds is 2. The van der Waals surface area contributed by atoms with Gasteiger partial charge in [0.1, 0.15) is 5.01 Å². The third-order valence-electron chi connectivity index (χ3n) is 3.88. The fourth-order valence-corrected chi connectivity index (χ4v) is 3.48. The molecule has 4 heteroatoms. The standard InChI is InChI=1S/C15H19N3S/c1-18-9-7-15(16,8-10-18)14-17-13(11-19-14)12-5-3-2-4-6-12/h2-6,11H,7-10,16H2,1H3. The molecular weight excluding hydrogens is 254 g/mol. The Morgan fingerprint density at radius 2 is 1.89 bits per heavy atom. The topological polar surface area (TPSA) is 42.1 Å². The molecule has 1 aromatic carbocycles. The van der Waals surface area contributed by atoms with Crippen LogP contribution in [0.2, 0.25) is 0 Å². The highest BCUT2D eigenvalue weighted by Crippen LogP contribution is 2.34. The molecule has 2 N–H and O–H groups in total. The van der Waals surface area contributed by atoms with Crippen LogP contribution in [-0.4, -0.2) is 30.0 Å². The zero-order valence-corrected chi connectivity index (χ0v) is 12.0. The van der Waals surface area contributed by atoms with E-state index in [0.717, 1.165) is 36.6 Å². The molecule has 0 bridgehead atoms. The third kappa shape index (κ3) is 2.56. The molecule has 1 aliphatic heterocycles. The van der Waals surface area contributed by atoms with E-state index in [1.54, 1.807) is 11.3 Å². The highest BCUT2D eigenvalue weighted by molar-refractivity contribution is 7.10. The first-order valence-electron chi connectivity index (χ1n) is 6.66. The van der Waals surface area contributed by atoms with E-state index in [9.17, 15) is 0 Å². The third-order valence-corrected chi connectivity index (χ3v) is 4.94. The smallest absolute Gasteiger partial charge is 0.113 e. The van der Waals surface area contributed by atoms with Crippen LogP contribution in [0.1, 0.15) is 17.8 Å². The van der Waals surface area contributed by atoms with Gasteiger partial charge >= 0.3 is 0 Å². The first-order valence-corrected chi connectivity index (χ1v) is 7.54. The Labute approximate surface area is 118 Å². The molecule has 1 aromatic heterocycles. The summed E-state index contributed by atoms with van der Waals surface area (Å²) in [6, 6.07) is 10.3. The van der Waals surface area contributed by atoms with Gasteiger partial charge in [-0.1, -0.05) is 30.3 Å². The minimum atomic E-state index is -0.232. The largest absolute Gasteiger partial charge is 0.319 e. The Kier molecular flexibility index (Phi) is 3.39. The van der Waals surface area contributed by atoms with E-state index in [4.69, 9.17) is 10.7 Å². The van der Waals surface area contributed by atoms with Crippen molar-refractivity contribution in [1.82, 2.24) is 9.88 Å². The van der Waals surface area contributed by atoms with Crippen LogP contribution in [0.25, 0.3) is 11.3 Å². The molecule has 3 rings (SSSR count). The molecule has 19 heavy (non-hydrogen) atoms. The van der Waals surface area contributed by atoms with E-state index in [1.807, 2.05) is 18.2 Å².